The van der Waals surface area contributed by atoms with Gasteiger partial charge < -0.3 is 13.9 Å². The van der Waals surface area contributed by atoms with Crippen molar-refractivity contribution in [3.8, 4) is 5.75 Å². The van der Waals surface area contributed by atoms with Gasteiger partial charge in [-0.2, -0.15) is 0 Å². The molecule has 0 aliphatic carbocycles. The molecule has 1 atom stereocenters. The summed E-state index contributed by atoms with van der Waals surface area (Å²) in [6.07, 6.45) is 3.38. The molecule has 2 aromatic carbocycles. The van der Waals surface area contributed by atoms with Gasteiger partial charge >= 0.3 is 5.97 Å². The van der Waals surface area contributed by atoms with Crippen molar-refractivity contribution in [3.05, 3.63) is 127 Å². The number of hydrogen-bond acceptors (Lipinski definition) is 10. The number of ether oxygens (including phenoxy) is 2. The fourth-order valence-electron chi connectivity index (χ4n) is 4.70. The first kappa shape index (κ1) is 28.4. The number of fused-ring (bicyclic) bond motifs is 1. The van der Waals surface area contributed by atoms with E-state index in [0.717, 1.165) is 16.8 Å². The van der Waals surface area contributed by atoms with E-state index >= 15 is 0 Å². The van der Waals surface area contributed by atoms with Crippen LogP contribution in [0.25, 0.3) is 11.8 Å². The average molecular weight is 611 g/mol. The minimum absolute atomic E-state index is 0.177. The van der Waals surface area contributed by atoms with Crippen molar-refractivity contribution < 1.29 is 18.7 Å². The van der Waals surface area contributed by atoms with Crippen LogP contribution in [0.1, 0.15) is 35.5 Å². The monoisotopic (exact) mass is 610 g/mol. The van der Waals surface area contributed by atoms with Gasteiger partial charge in [0.15, 0.2) is 15.1 Å². The molecule has 43 heavy (non-hydrogen) atoms. The van der Waals surface area contributed by atoms with E-state index in [1.807, 2.05) is 61.5 Å². The molecule has 0 amide bonds. The summed E-state index contributed by atoms with van der Waals surface area (Å²) in [7, 11) is 1.59. The second kappa shape index (κ2) is 12.2. The molecule has 11 heteroatoms. The molecule has 0 N–H and O–H groups in total. The molecule has 216 valence electrons. The molecule has 3 aromatic heterocycles. The molecule has 9 nitrogen and oxygen atoms in total. The van der Waals surface area contributed by atoms with Crippen molar-refractivity contribution in [1.82, 2.24) is 14.5 Å². The van der Waals surface area contributed by atoms with Crippen LogP contribution in [0.15, 0.2) is 109 Å². The maximum atomic E-state index is 14.0. The van der Waals surface area contributed by atoms with E-state index in [9.17, 15) is 9.59 Å². The van der Waals surface area contributed by atoms with Crippen molar-refractivity contribution in [1.29, 1.82) is 0 Å². The molecule has 0 fully saturated rings. The Morgan fingerprint density at radius 3 is 2.60 bits per heavy atom. The largest absolute Gasteiger partial charge is 0.497 e. The number of aryl methyl sites for hydroxylation is 1. The smallest absolute Gasteiger partial charge is 0.338 e. The predicted molar refractivity (Wildman–Crippen MR) is 164 cm³/mol. The van der Waals surface area contributed by atoms with Crippen LogP contribution in [-0.4, -0.2) is 34.2 Å². The molecule has 5 aromatic rings. The Hall–Kier alpha value is -4.74. The summed E-state index contributed by atoms with van der Waals surface area (Å²) in [6.45, 7) is 3.82. The van der Waals surface area contributed by atoms with Crippen molar-refractivity contribution >= 4 is 40.8 Å². The Morgan fingerprint density at radius 1 is 1.09 bits per heavy atom. The van der Waals surface area contributed by atoms with Crippen LogP contribution in [0.4, 0.5) is 0 Å². The molecule has 1 aliphatic rings. The molecule has 1 aliphatic heterocycles. The van der Waals surface area contributed by atoms with Gasteiger partial charge in [-0.15, -0.1) is 0 Å². The minimum Gasteiger partial charge on any atom is -0.497 e. The topological polar surface area (TPSA) is 109 Å². The Labute approximate surface area is 254 Å². The molecular weight excluding hydrogens is 585 g/mol. The zero-order valence-electron chi connectivity index (χ0n) is 23.5. The van der Waals surface area contributed by atoms with Gasteiger partial charge in [0.2, 0.25) is 0 Å². The van der Waals surface area contributed by atoms with Gasteiger partial charge in [0.25, 0.3) is 5.56 Å². The molecule has 0 saturated heterocycles. The number of hydrogen-bond donors (Lipinski definition) is 0. The predicted octanol–water partition coefficient (Wildman–Crippen LogP) is 4.79. The molecule has 0 spiro atoms. The third kappa shape index (κ3) is 5.81. The van der Waals surface area contributed by atoms with Crippen LogP contribution in [0, 0.1) is 6.92 Å². The molecule has 0 saturated carbocycles. The van der Waals surface area contributed by atoms with Crippen LogP contribution >= 0.6 is 23.1 Å². The molecule has 0 unspecified atom stereocenters. The maximum absolute atomic E-state index is 14.0. The van der Waals surface area contributed by atoms with Crippen molar-refractivity contribution in [2.24, 2.45) is 4.99 Å². The second-order valence-electron chi connectivity index (χ2n) is 9.44. The van der Waals surface area contributed by atoms with Gasteiger partial charge in [-0.3, -0.25) is 9.36 Å². The summed E-state index contributed by atoms with van der Waals surface area (Å²) in [4.78, 5) is 41.6. The Balaban J connectivity index is 1.51. The number of methoxy groups -OCH3 is 1. The Kier molecular flexibility index (Phi) is 8.08. The SMILES string of the molecule is CCOC(=O)C1=C(c2ccccc2)N=c2s/c(=C/c3ccc(Sc4nccc(C)n4)o3)c(=O)n2[C@@H]1c1ccc(OC)cc1. The van der Waals surface area contributed by atoms with Crippen molar-refractivity contribution in [2.75, 3.05) is 13.7 Å². The number of thiazole rings is 1. The number of carbonyl (C=O) groups excluding carboxylic acids is 1. The van der Waals surface area contributed by atoms with E-state index in [1.165, 1.54) is 23.1 Å². The van der Waals surface area contributed by atoms with E-state index in [0.29, 0.717) is 36.8 Å². The lowest BCUT2D eigenvalue weighted by atomic mass is 9.93. The number of nitrogens with zero attached hydrogens (tertiary/aromatic N) is 4. The van der Waals surface area contributed by atoms with Gasteiger partial charge in [0.1, 0.15) is 11.5 Å². The van der Waals surface area contributed by atoms with Crippen molar-refractivity contribution in [3.63, 3.8) is 0 Å². The standard InChI is InChI=1S/C32H26N4O5S2/c1-4-40-30(38)26-27(20-8-6-5-7-9-20)35-32-36(28(26)21-10-12-22(39-3)13-11-21)29(37)24(42-32)18-23-14-15-25(41-23)43-31-33-17-16-19(2)34-31/h5-18,28H,4H2,1-3H3/b24-18+/t28-/m1/s1. The van der Waals surface area contributed by atoms with Gasteiger partial charge in [0.05, 0.1) is 35.6 Å². The summed E-state index contributed by atoms with van der Waals surface area (Å²) < 4.78 is 18.8. The summed E-state index contributed by atoms with van der Waals surface area (Å²) in [5.41, 5.74) is 2.76. The highest BCUT2D eigenvalue weighted by atomic mass is 32.2. The first-order valence-electron chi connectivity index (χ1n) is 13.4. The zero-order chi connectivity index (χ0) is 29.9. The van der Waals surface area contributed by atoms with Gasteiger partial charge in [-0.05, 0) is 61.5 Å². The average Bonchev–Trinajstić information content (AvgIpc) is 3.59. The van der Waals surface area contributed by atoms with Crippen LogP contribution in [0.2, 0.25) is 0 Å². The summed E-state index contributed by atoms with van der Waals surface area (Å²) in [5, 5.41) is 1.16. The van der Waals surface area contributed by atoms with E-state index in [2.05, 4.69) is 9.97 Å². The number of rotatable bonds is 8. The number of esters is 1. The zero-order valence-corrected chi connectivity index (χ0v) is 25.1. The lowest BCUT2D eigenvalue weighted by Gasteiger charge is -2.26. The number of benzene rings is 2. The minimum atomic E-state index is -0.778. The van der Waals surface area contributed by atoms with Crippen LogP contribution in [-0.2, 0) is 9.53 Å². The van der Waals surface area contributed by atoms with E-state index in [-0.39, 0.29) is 17.7 Å². The summed E-state index contributed by atoms with van der Waals surface area (Å²) in [6, 6.07) is 21.4. The first-order valence-corrected chi connectivity index (χ1v) is 15.1. The first-order chi connectivity index (χ1) is 20.9. The van der Waals surface area contributed by atoms with E-state index in [4.69, 9.17) is 18.9 Å². The Morgan fingerprint density at radius 2 is 1.88 bits per heavy atom. The fourth-order valence-corrected chi connectivity index (χ4v) is 6.44. The maximum Gasteiger partial charge on any atom is 0.338 e. The normalized spacial score (nSPS) is 14.8. The number of aromatic nitrogens is 3. The molecule has 4 heterocycles. The van der Waals surface area contributed by atoms with Crippen LogP contribution in [0.5, 0.6) is 5.75 Å². The molecule has 0 radical (unpaired) electrons. The number of furan rings is 1. The van der Waals surface area contributed by atoms with Crippen molar-refractivity contribution in [2.45, 2.75) is 30.1 Å². The molecule has 0 bridgehead atoms. The quantitative estimate of drug-likeness (QED) is 0.182. The highest BCUT2D eigenvalue weighted by molar-refractivity contribution is 7.99. The summed E-state index contributed by atoms with van der Waals surface area (Å²) in [5.74, 6) is 0.615. The lowest BCUT2D eigenvalue weighted by Crippen LogP contribution is -2.40. The number of carbonyl (C=O) groups is 1. The van der Waals surface area contributed by atoms with Gasteiger partial charge in [-0.1, -0.05) is 53.8 Å². The molecular formula is C32H26N4O5S2. The van der Waals surface area contributed by atoms with Gasteiger partial charge in [-0.25, -0.2) is 19.8 Å². The van der Waals surface area contributed by atoms with Gasteiger partial charge in [0, 0.05) is 23.5 Å². The highest BCUT2D eigenvalue weighted by Gasteiger charge is 2.35. The van der Waals surface area contributed by atoms with Crippen LogP contribution in [0.3, 0.4) is 0 Å². The fraction of sp³-hybridized carbons (Fsp3) is 0.156. The highest BCUT2D eigenvalue weighted by Crippen LogP contribution is 2.35. The second-order valence-corrected chi connectivity index (χ2v) is 11.4. The third-order valence-electron chi connectivity index (χ3n) is 6.65. The third-order valence-corrected chi connectivity index (χ3v) is 8.43. The lowest BCUT2D eigenvalue weighted by molar-refractivity contribution is -0.138. The van der Waals surface area contributed by atoms with E-state index < -0.39 is 12.0 Å². The Bertz CT molecular complexity index is 2010. The van der Waals surface area contributed by atoms with Crippen LogP contribution < -0.4 is 19.6 Å². The molecule has 6 rings (SSSR count). The van der Waals surface area contributed by atoms with E-state index in [1.54, 1.807) is 49.1 Å². The summed E-state index contributed by atoms with van der Waals surface area (Å²) >= 11 is 2.53.